The van der Waals surface area contributed by atoms with Crippen LogP contribution in [0.3, 0.4) is 0 Å². The van der Waals surface area contributed by atoms with Gasteiger partial charge in [-0.15, -0.1) is 11.6 Å². The van der Waals surface area contributed by atoms with E-state index in [-0.39, 0.29) is 0 Å². The van der Waals surface area contributed by atoms with Crippen molar-refractivity contribution in [3.05, 3.63) is 23.4 Å². The lowest BCUT2D eigenvalue weighted by molar-refractivity contribution is 0.0806. The van der Waals surface area contributed by atoms with Crippen molar-refractivity contribution in [3.63, 3.8) is 0 Å². The Bertz CT molecular complexity index is 342. The molecule has 1 aromatic heterocycles. The highest BCUT2D eigenvalue weighted by Crippen LogP contribution is 2.14. The molecule has 0 saturated heterocycles. The van der Waals surface area contributed by atoms with E-state index < -0.39 is 0 Å². The summed E-state index contributed by atoms with van der Waals surface area (Å²) in [5, 5.41) is 0. The van der Waals surface area contributed by atoms with Crippen molar-refractivity contribution < 1.29 is 9.47 Å². The zero-order chi connectivity index (χ0) is 12.7. The Morgan fingerprint density at radius 3 is 2.65 bits per heavy atom. The smallest absolute Gasteiger partial charge is 0.213 e. The third-order valence-corrected chi connectivity index (χ3v) is 2.53. The number of nitrogens with zero attached hydrogens (tertiary/aromatic N) is 1. The van der Waals surface area contributed by atoms with Gasteiger partial charge in [-0.05, 0) is 18.4 Å². The summed E-state index contributed by atoms with van der Waals surface area (Å²) in [6, 6.07) is 3.78. The summed E-state index contributed by atoms with van der Waals surface area (Å²) in [6.07, 6.45) is 0. The van der Waals surface area contributed by atoms with Crippen molar-refractivity contribution in [2.75, 3.05) is 19.8 Å². The highest BCUT2D eigenvalue weighted by molar-refractivity contribution is 6.17. The number of halogens is 1. The molecule has 17 heavy (non-hydrogen) atoms. The van der Waals surface area contributed by atoms with E-state index in [0.717, 1.165) is 17.9 Å². The van der Waals surface area contributed by atoms with E-state index in [1.165, 1.54) is 0 Å². The minimum Gasteiger partial charge on any atom is -0.475 e. The van der Waals surface area contributed by atoms with Crippen molar-refractivity contribution in [2.45, 2.75) is 26.7 Å². The molecule has 0 fully saturated rings. The van der Waals surface area contributed by atoms with E-state index >= 15 is 0 Å². The van der Waals surface area contributed by atoms with Gasteiger partial charge in [0.25, 0.3) is 0 Å². The maximum atomic E-state index is 5.76. The zero-order valence-electron chi connectivity index (χ0n) is 10.7. The molecule has 0 radical (unpaired) electrons. The average molecular weight is 258 g/mol. The van der Waals surface area contributed by atoms with Gasteiger partial charge in [0.05, 0.1) is 6.61 Å². The van der Waals surface area contributed by atoms with Crippen LogP contribution in [0.15, 0.2) is 12.1 Å². The second kappa shape index (κ2) is 7.51. The first-order valence-electron chi connectivity index (χ1n) is 5.86. The predicted octanol–water partition coefficient (Wildman–Crippen LogP) is 3.18. The molecular weight excluding hydrogens is 238 g/mol. The number of aryl methyl sites for hydroxylation is 1. The summed E-state index contributed by atoms with van der Waals surface area (Å²) in [5.41, 5.74) is 1.95. The minimum absolute atomic E-state index is 0.483. The Hall–Kier alpha value is -0.800. The fraction of sp³-hybridized carbons (Fsp3) is 0.615. The number of rotatable bonds is 7. The predicted molar refractivity (Wildman–Crippen MR) is 69.7 cm³/mol. The molecule has 0 aromatic carbocycles. The fourth-order valence-corrected chi connectivity index (χ4v) is 1.60. The lowest BCUT2D eigenvalue weighted by atomic mass is 10.2. The first-order chi connectivity index (χ1) is 8.13. The molecule has 1 rings (SSSR count). The van der Waals surface area contributed by atoms with Crippen molar-refractivity contribution in [1.82, 2.24) is 4.98 Å². The number of ether oxygens (including phenoxy) is 2. The number of pyridine rings is 1. The summed E-state index contributed by atoms with van der Waals surface area (Å²) in [6.45, 7) is 8.06. The SMILES string of the molecule is Cc1nc(OCCOCC(C)C)ccc1CCl. The molecule has 0 unspecified atom stereocenters. The second-order valence-electron chi connectivity index (χ2n) is 4.34. The van der Waals surface area contributed by atoms with E-state index in [1.54, 1.807) is 0 Å². The number of hydrogen-bond donors (Lipinski definition) is 0. The highest BCUT2D eigenvalue weighted by atomic mass is 35.5. The second-order valence-corrected chi connectivity index (χ2v) is 4.61. The lowest BCUT2D eigenvalue weighted by Gasteiger charge is -2.09. The largest absolute Gasteiger partial charge is 0.475 e. The standard InChI is InChI=1S/C13H20ClNO2/c1-10(2)9-16-6-7-17-13-5-4-12(8-14)11(3)15-13/h4-5,10H,6-9H2,1-3H3. The van der Waals surface area contributed by atoms with Crippen LogP contribution in [-0.2, 0) is 10.6 Å². The Morgan fingerprint density at radius 1 is 1.29 bits per heavy atom. The molecule has 0 spiro atoms. The summed E-state index contributed by atoms with van der Waals surface area (Å²) in [5.74, 6) is 1.67. The van der Waals surface area contributed by atoms with Crippen molar-refractivity contribution in [3.8, 4) is 5.88 Å². The molecule has 1 aromatic rings. The average Bonchev–Trinajstić information content (AvgIpc) is 2.28. The third-order valence-electron chi connectivity index (χ3n) is 2.24. The Kier molecular flexibility index (Phi) is 6.30. The van der Waals surface area contributed by atoms with Crippen LogP contribution >= 0.6 is 11.6 Å². The molecule has 0 bridgehead atoms. The molecule has 0 amide bonds. The van der Waals surface area contributed by atoms with Gasteiger partial charge in [-0.3, -0.25) is 0 Å². The van der Waals surface area contributed by atoms with Crippen LogP contribution in [-0.4, -0.2) is 24.8 Å². The number of hydrogen-bond acceptors (Lipinski definition) is 3. The van der Waals surface area contributed by atoms with Crippen LogP contribution in [0.2, 0.25) is 0 Å². The van der Waals surface area contributed by atoms with Crippen molar-refractivity contribution in [2.24, 2.45) is 5.92 Å². The first-order valence-corrected chi connectivity index (χ1v) is 6.40. The monoisotopic (exact) mass is 257 g/mol. The van der Waals surface area contributed by atoms with E-state index in [9.17, 15) is 0 Å². The first kappa shape index (κ1) is 14.3. The molecule has 4 heteroatoms. The lowest BCUT2D eigenvalue weighted by Crippen LogP contribution is -2.11. The van der Waals surface area contributed by atoms with Gasteiger partial charge in [0.2, 0.25) is 5.88 Å². The molecule has 1 heterocycles. The fourth-order valence-electron chi connectivity index (χ4n) is 1.31. The Morgan fingerprint density at radius 2 is 2.06 bits per heavy atom. The van der Waals surface area contributed by atoms with Crippen LogP contribution in [0.4, 0.5) is 0 Å². The van der Waals surface area contributed by atoms with Gasteiger partial charge in [-0.25, -0.2) is 4.98 Å². The normalized spacial score (nSPS) is 10.9. The molecule has 3 nitrogen and oxygen atoms in total. The number of alkyl halides is 1. The molecule has 96 valence electrons. The molecule has 0 aliphatic carbocycles. The molecule has 0 N–H and O–H groups in total. The molecular formula is C13H20ClNO2. The summed E-state index contributed by atoms with van der Waals surface area (Å²) < 4.78 is 10.9. The van der Waals surface area contributed by atoms with Gasteiger partial charge in [0, 0.05) is 24.2 Å². The van der Waals surface area contributed by atoms with E-state index in [1.807, 2.05) is 19.1 Å². The molecule has 0 aliphatic rings. The quantitative estimate of drug-likeness (QED) is 0.555. The third kappa shape index (κ3) is 5.37. The molecule has 0 saturated carbocycles. The molecule has 0 aliphatic heterocycles. The van der Waals surface area contributed by atoms with E-state index in [2.05, 4.69) is 18.8 Å². The summed E-state index contributed by atoms with van der Waals surface area (Å²) >= 11 is 5.76. The Labute approximate surface area is 108 Å². The minimum atomic E-state index is 0.483. The van der Waals surface area contributed by atoms with Gasteiger partial charge in [0.1, 0.15) is 6.61 Å². The van der Waals surface area contributed by atoms with E-state index in [4.69, 9.17) is 21.1 Å². The van der Waals surface area contributed by atoms with E-state index in [0.29, 0.717) is 30.9 Å². The van der Waals surface area contributed by atoms with Crippen LogP contribution in [0.1, 0.15) is 25.1 Å². The highest BCUT2D eigenvalue weighted by Gasteiger charge is 2.01. The topological polar surface area (TPSA) is 31.4 Å². The maximum absolute atomic E-state index is 5.76. The van der Waals surface area contributed by atoms with Gasteiger partial charge in [-0.2, -0.15) is 0 Å². The van der Waals surface area contributed by atoms with Crippen molar-refractivity contribution in [1.29, 1.82) is 0 Å². The van der Waals surface area contributed by atoms with Crippen molar-refractivity contribution >= 4 is 11.6 Å². The van der Waals surface area contributed by atoms with Crippen LogP contribution < -0.4 is 4.74 Å². The number of aromatic nitrogens is 1. The van der Waals surface area contributed by atoms with Gasteiger partial charge < -0.3 is 9.47 Å². The van der Waals surface area contributed by atoms with Gasteiger partial charge in [-0.1, -0.05) is 19.9 Å². The van der Waals surface area contributed by atoms with Gasteiger partial charge >= 0.3 is 0 Å². The maximum Gasteiger partial charge on any atom is 0.213 e. The molecule has 0 atom stereocenters. The summed E-state index contributed by atoms with van der Waals surface area (Å²) in [4.78, 5) is 4.31. The van der Waals surface area contributed by atoms with Crippen LogP contribution in [0.5, 0.6) is 5.88 Å². The zero-order valence-corrected chi connectivity index (χ0v) is 11.5. The Balaban J connectivity index is 2.30. The van der Waals surface area contributed by atoms with Gasteiger partial charge in [0.15, 0.2) is 0 Å². The van der Waals surface area contributed by atoms with Crippen LogP contribution in [0.25, 0.3) is 0 Å². The summed E-state index contributed by atoms with van der Waals surface area (Å²) in [7, 11) is 0. The van der Waals surface area contributed by atoms with Crippen LogP contribution in [0, 0.1) is 12.8 Å².